The minimum Gasteiger partial charge on any atom is -0.408 e. The van der Waals surface area contributed by atoms with Crippen molar-refractivity contribution in [2.45, 2.75) is 13.1 Å². The Hall–Kier alpha value is -1.55. The molecule has 2 aromatic rings. The first-order valence-corrected chi connectivity index (χ1v) is 11.7. The Kier molecular flexibility index (Phi) is 4.81. The van der Waals surface area contributed by atoms with Crippen LogP contribution in [0.15, 0.2) is 48.5 Å². The minimum atomic E-state index is -3.23. The van der Waals surface area contributed by atoms with Gasteiger partial charge in [-0.3, -0.25) is 0 Å². The van der Waals surface area contributed by atoms with Gasteiger partial charge in [-0.2, -0.15) is 0 Å². The second-order valence-electron chi connectivity index (χ2n) is 5.62. The third-order valence-electron chi connectivity index (χ3n) is 3.38. The standard InChI is InChI=1S/C16H20O4Si2/c1-21(17,18)15-9-5-13(6-10-15)3-4-14-7-11-16(12-8-14)22(2,19)20/h3-12,17-20H,1-2H3. The van der Waals surface area contributed by atoms with E-state index in [0.717, 1.165) is 11.1 Å². The maximum Gasteiger partial charge on any atom is 0.363 e. The summed E-state index contributed by atoms with van der Waals surface area (Å²) in [6, 6.07) is 14.2. The highest BCUT2D eigenvalue weighted by molar-refractivity contribution is 6.77. The third-order valence-corrected chi connectivity index (χ3v) is 6.24. The maximum atomic E-state index is 9.62. The van der Waals surface area contributed by atoms with Crippen molar-refractivity contribution in [1.82, 2.24) is 0 Å². The fourth-order valence-corrected chi connectivity index (χ4v) is 3.61. The summed E-state index contributed by atoms with van der Waals surface area (Å²) in [6.45, 7) is 2.91. The molecule has 2 rings (SSSR count). The molecule has 0 saturated carbocycles. The lowest BCUT2D eigenvalue weighted by atomic mass is 10.1. The topological polar surface area (TPSA) is 80.9 Å². The predicted octanol–water partition coefficient (Wildman–Crippen LogP) is 0.384. The van der Waals surface area contributed by atoms with Gasteiger partial charge in [0.2, 0.25) is 0 Å². The van der Waals surface area contributed by atoms with Crippen molar-refractivity contribution in [2.75, 3.05) is 0 Å². The van der Waals surface area contributed by atoms with Crippen LogP contribution in [0, 0.1) is 0 Å². The van der Waals surface area contributed by atoms with Gasteiger partial charge >= 0.3 is 17.1 Å². The van der Waals surface area contributed by atoms with Gasteiger partial charge in [0.15, 0.2) is 0 Å². The van der Waals surface area contributed by atoms with Crippen LogP contribution in [0.25, 0.3) is 12.2 Å². The lowest BCUT2D eigenvalue weighted by Crippen LogP contribution is -2.44. The lowest BCUT2D eigenvalue weighted by molar-refractivity contribution is 0.390. The first-order valence-electron chi connectivity index (χ1n) is 6.95. The van der Waals surface area contributed by atoms with Crippen molar-refractivity contribution in [3.05, 3.63) is 59.7 Å². The highest BCUT2D eigenvalue weighted by Crippen LogP contribution is 2.08. The molecule has 4 nitrogen and oxygen atoms in total. The number of hydrogen-bond donors (Lipinski definition) is 4. The average molecular weight is 333 g/mol. The molecule has 0 saturated heterocycles. The molecule has 0 aliphatic rings. The first kappa shape index (κ1) is 16.8. The van der Waals surface area contributed by atoms with E-state index in [2.05, 4.69) is 0 Å². The van der Waals surface area contributed by atoms with Gasteiger partial charge in [-0.25, -0.2) is 0 Å². The summed E-state index contributed by atoms with van der Waals surface area (Å²) in [7, 11) is -6.47. The largest absolute Gasteiger partial charge is 0.408 e. The fraction of sp³-hybridized carbons (Fsp3) is 0.125. The second kappa shape index (κ2) is 6.29. The SMILES string of the molecule is C[Si](O)(O)c1ccc(C=Cc2ccc([Si](C)(O)O)cc2)cc1. The average Bonchev–Trinajstić information content (AvgIpc) is 2.44. The van der Waals surface area contributed by atoms with Crippen LogP contribution in [0.5, 0.6) is 0 Å². The van der Waals surface area contributed by atoms with Gasteiger partial charge in [-0.1, -0.05) is 60.7 Å². The Labute approximate surface area is 132 Å². The second-order valence-corrected chi connectivity index (χ2v) is 10.9. The van der Waals surface area contributed by atoms with E-state index in [0.29, 0.717) is 10.4 Å². The van der Waals surface area contributed by atoms with E-state index in [9.17, 15) is 19.2 Å². The summed E-state index contributed by atoms with van der Waals surface area (Å²) in [4.78, 5) is 38.5. The van der Waals surface area contributed by atoms with Crippen molar-refractivity contribution in [3.63, 3.8) is 0 Å². The van der Waals surface area contributed by atoms with Gasteiger partial charge in [0.05, 0.1) is 0 Å². The van der Waals surface area contributed by atoms with Crippen LogP contribution in [-0.2, 0) is 0 Å². The fourth-order valence-electron chi connectivity index (χ4n) is 2.01. The molecule has 6 heteroatoms. The smallest absolute Gasteiger partial charge is 0.363 e. The van der Waals surface area contributed by atoms with Crippen molar-refractivity contribution in [3.8, 4) is 0 Å². The van der Waals surface area contributed by atoms with Gasteiger partial charge < -0.3 is 19.2 Å². The molecule has 0 fully saturated rings. The molecule has 2 aromatic carbocycles. The van der Waals surface area contributed by atoms with Crippen molar-refractivity contribution in [1.29, 1.82) is 0 Å². The zero-order chi connectivity index (χ0) is 16.4. The van der Waals surface area contributed by atoms with Crippen molar-refractivity contribution < 1.29 is 19.2 Å². The molecule has 0 aliphatic carbocycles. The molecule has 0 amide bonds. The number of benzene rings is 2. The normalized spacial score (nSPS) is 12.8. The molecule has 0 heterocycles. The van der Waals surface area contributed by atoms with Crippen LogP contribution >= 0.6 is 0 Å². The van der Waals surface area contributed by atoms with Crippen LogP contribution in [0.1, 0.15) is 11.1 Å². The van der Waals surface area contributed by atoms with Crippen molar-refractivity contribution in [2.24, 2.45) is 0 Å². The molecule has 0 aromatic heterocycles. The van der Waals surface area contributed by atoms with Gasteiger partial charge in [-0.15, -0.1) is 0 Å². The van der Waals surface area contributed by atoms with E-state index in [4.69, 9.17) is 0 Å². The van der Waals surface area contributed by atoms with E-state index < -0.39 is 17.1 Å². The summed E-state index contributed by atoms with van der Waals surface area (Å²) >= 11 is 0. The van der Waals surface area contributed by atoms with E-state index in [1.54, 1.807) is 24.3 Å². The van der Waals surface area contributed by atoms with Crippen LogP contribution in [0.3, 0.4) is 0 Å². The Morgan fingerprint density at radius 3 is 1.09 bits per heavy atom. The highest BCUT2D eigenvalue weighted by atomic mass is 28.4. The molecule has 0 radical (unpaired) electrons. The van der Waals surface area contributed by atoms with Crippen LogP contribution in [0.2, 0.25) is 13.1 Å². The molecule has 0 spiro atoms. The molecule has 4 N–H and O–H groups in total. The van der Waals surface area contributed by atoms with Gasteiger partial charge in [0.1, 0.15) is 0 Å². The maximum absolute atomic E-state index is 9.62. The Morgan fingerprint density at radius 2 is 0.864 bits per heavy atom. The first-order chi connectivity index (χ1) is 10.2. The summed E-state index contributed by atoms with van der Waals surface area (Å²) < 4.78 is 0. The molecule has 22 heavy (non-hydrogen) atoms. The molecule has 0 atom stereocenters. The van der Waals surface area contributed by atoms with Crippen molar-refractivity contribution >= 4 is 39.6 Å². The summed E-state index contributed by atoms with van der Waals surface area (Å²) in [5, 5.41) is 1.15. The van der Waals surface area contributed by atoms with E-state index in [1.165, 1.54) is 13.1 Å². The summed E-state index contributed by atoms with van der Waals surface area (Å²) in [6.07, 6.45) is 3.84. The highest BCUT2D eigenvalue weighted by Gasteiger charge is 2.24. The zero-order valence-electron chi connectivity index (χ0n) is 12.6. The van der Waals surface area contributed by atoms with Crippen LogP contribution < -0.4 is 10.4 Å². The van der Waals surface area contributed by atoms with Gasteiger partial charge in [0, 0.05) is 0 Å². The third kappa shape index (κ3) is 4.47. The quantitative estimate of drug-likeness (QED) is 0.482. The molecule has 0 bridgehead atoms. The Bertz CT molecular complexity index is 591. The van der Waals surface area contributed by atoms with Crippen LogP contribution in [0.4, 0.5) is 0 Å². The monoisotopic (exact) mass is 332 g/mol. The molecular formula is C16H20O4Si2. The van der Waals surface area contributed by atoms with E-state index in [1.807, 2.05) is 36.4 Å². The Balaban J connectivity index is 2.12. The van der Waals surface area contributed by atoms with Gasteiger partial charge in [0.25, 0.3) is 0 Å². The molecule has 116 valence electrons. The van der Waals surface area contributed by atoms with E-state index in [-0.39, 0.29) is 0 Å². The molecule has 0 aliphatic heterocycles. The lowest BCUT2D eigenvalue weighted by Gasteiger charge is -2.12. The summed E-state index contributed by atoms with van der Waals surface area (Å²) in [5.41, 5.74) is 1.91. The van der Waals surface area contributed by atoms with E-state index >= 15 is 0 Å². The van der Waals surface area contributed by atoms with Crippen LogP contribution in [-0.4, -0.2) is 36.3 Å². The number of hydrogen-bond acceptors (Lipinski definition) is 4. The Morgan fingerprint density at radius 1 is 0.591 bits per heavy atom. The molecule has 0 unspecified atom stereocenters. The zero-order valence-corrected chi connectivity index (χ0v) is 14.6. The molecular weight excluding hydrogens is 312 g/mol. The summed E-state index contributed by atoms with van der Waals surface area (Å²) in [5.74, 6) is 0. The minimum absolute atomic E-state index is 0.573. The van der Waals surface area contributed by atoms with Gasteiger partial charge in [-0.05, 0) is 34.6 Å². The number of rotatable bonds is 4. The predicted molar refractivity (Wildman–Crippen MR) is 93.2 cm³/mol.